The second-order valence-corrected chi connectivity index (χ2v) is 13.8. The van der Waals surface area contributed by atoms with E-state index < -0.39 is 17.6 Å². The van der Waals surface area contributed by atoms with E-state index in [0.29, 0.717) is 12.8 Å². The molecule has 0 heterocycles. The first-order valence-corrected chi connectivity index (χ1v) is 19.8. The van der Waals surface area contributed by atoms with E-state index in [0.717, 1.165) is 103 Å². The van der Waals surface area contributed by atoms with Gasteiger partial charge >= 0.3 is 11.9 Å². The van der Waals surface area contributed by atoms with E-state index in [1.165, 1.54) is 51.4 Å². The molecule has 0 unspecified atom stereocenters. The summed E-state index contributed by atoms with van der Waals surface area (Å²) in [5, 5.41) is 23.2. The van der Waals surface area contributed by atoms with Crippen LogP contribution < -0.4 is 0 Å². The number of allylic oxidation sites excluding steroid dienone is 2. The first kappa shape index (κ1) is 45.3. The molecule has 47 heavy (non-hydrogen) atoms. The van der Waals surface area contributed by atoms with Gasteiger partial charge in [-0.2, -0.15) is 0 Å². The van der Waals surface area contributed by atoms with Crippen molar-refractivity contribution in [1.82, 2.24) is 0 Å². The SMILES string of the molecule is CCCCCCCC/C=C/C(O)(/C=C/CCCCCCCC)C(CO)(COC(=O)CCCCCCC)COC(=O)CCCCCCC. The number of hydrogen-bond acceptors (Lipinski definition) is 6. The fourth-order valence-electron chi connectivity index (χ4n) is 5.84. The van der Waals surface area contributed by atoms with Crippen molar-refractivity contribution in [3.05, 3.63) is 24.3 Å². The number of hydrogen-bond donors (Lipinski definition) is 2. The minimum Gasteiger partial charge on any atom is -0.465 e. The maximum Gasteiger partial charge on any atom is 0.305 e. The first-order chi connectivity index (χ1) is 22.8. The van der Waals surface area contributed by atoms with Gasteiger partial charge in [-0.05, 0) is 38.5 Å². The Balaban J connectivity index is 5.87. The molecule has 0 saturated heterocycles. The molecule has 0 aliphatic heterocycles. The third-order valence-corrected chi connectivity index (χ3v) is 9.33. The lowest BCUT2D eigenvalue weighted by molar-refractivity contribution is -0.169. The lowest BCUT2D eigenvalue weighted by Crippen LogP contribution is -2.55. The minimum absolute atomic E-state index is 0.236. The van der Waals surface area contributed by atoms with E-state index in [1.807, 2.05) is 12.2 Å². The number of unbranched alkanes of at least 4 members (excludes halogenated alkanes) is 20. The van der Waals surface area contributed by atoms with Gasteiger partial charge < -0.3 is 19.7 Å². The maximum atomic E-state index is 12.8. The topological polar surface area (TPSA) is 93.1 Å². The molecule has 0 aromatic rings. The Kier molecular flexibility index (Phi) is 30.5. The van der Waals surface area contributed by atoms with E-state index >= 15 is 0 Å². The molecule has 0 aliphatic carbocycles. The fraction of sp³-hybridized carbons (Fsp3) is 0.854. The van der Waals surface area contributed by atoms with E-state index in [9.17, 15) is 19.8 Å². The van der Waals surface area contributed by atoms with E-state index in [4.69, 9.17) is 9.47 Å². The Bertz CT molecular complexity index is 733. The van der Waals surface area contributed by atoms with Gasteiger partial charge in [0.2, 0.25) is 0 Å². The number of esters is 2. The number of aliphatic hydroxyl groups excluding tert-OH is 1. The molecule has 0 aromatic carbocycles. The summed E-state index contributed by atoms with van der Waals surface area (Å²) in [6.45, 7) is 7.78. The van der Waals surface area contributed by atoms with Crippen LogP contribution >= 0.6 is 0 Å². The number of rotatable bonds is 34. The predicted octanol–water partition coefficient (Wildman–Crippen LogP) is 11.1. The zero-order valence-electron chi connectivity index (χ0n) is 31.3. The first-order valence-electron chi connectivity index (χ1n) is 19.8. The molecule has 2 N–H and O–H groups in total. The molecule has 0 saturated carbocycles. The summed E-state index contributed by atoms with van der Waals surface area (Å²) in [5.74, 6) is -0.702. The quantitative estimate of drug-likeness (QED) is 0.0404. The van der Waals surface area contributed by atoms with Gasteiger partial charge in [0.25, 0.3) is 0 Å². The zero-order valence-corrected chi connectivity index (χ0v) is 31.3. The standard InChI is InChI=1S/C41H76O6/c1-5-9-13-17-19-21-25-29-33-41(45,34-30-26-22-20-18-14-10-6-2)40(35-42,36-46-38(43)31-27-23-15-11-7-3)37-47-39(44)32-28-24-16-12-8-4/h29-30,33-34,42,45H,5-28,31-32,35-37H2,1-4H3/b33-29+,34-30+. The summed E-state index contributed by atoms with van der Waals surface area (Å²) in [5.41, 5.74) is -3.08. The highest BCUT2D eigenvalue weighted by molar-refractivity contribution is 5.70. The van der Waals surface area contributed by atoms with Crippen molar-refractivity contribution in [3.63, 3.8) is 0 Å². The molecular weight excluding hydrogens is 588 g/mol. The molecular formula is C41H76O6. The molecule has 0 fully saturated rings. The van der Waals surface area contributed by atoms with Crippen LogP contribution in [0.4, 0.5) is 0 Å². The Morgan fingerprint density at radius 3 is 1.17 bits per heavy atom. The molecule has 0 aromatic heterocycles. The van der Waals surface area contributed by atoms with Gasteiger partial charge in [0, 0.05) is 12.8 Å². The second-order valence-electron chi connectivity index (χ2n) is 13.8. The van der Waals surface area contributed by atoms with Crippen LogP contribution in [0.3, 0.4) is 0 Å². The van der Waals surface area contributed by atoms with Crippen molar-refractivity contribution >= 4 is 11.9 Å². The largest absolute Gasteiger partial charge is 0.465 e. The molecule has 6 heteroatoms. The molecule has 0 radical (unpaired) electrons. The summed E-state index contributed by atoms with van der Waals surface area (Å²) in [7, 11) is 0. The molecule has 276 valence electrons. The Morgan fingerprint density at radius 2 is 0.830 bits per heavy atom. The van der Waals surface area contributed by atoms with Crippen LogP contribution in [0.2, 0.25) is 0 Å². The molecule has 0 spiro atoms. The van der Waals surface area contributed by atoms with Crippen molar-refractivity contribution in [2.24, 2.45) is 5.41 Å². The van der Waals surface area contributed by atoms with Gasteiger partial charge in [0.15, 0.2) is 0 Å². The van der Waals surface area contributed by atoms with Crippen LogP contribution in [0.5, 0.6) is 0 Å². The van der Waals surface area contributed by atoms with Gasteiger partial charge in [0.05, 0.1) is 12.0 Å². The number of carbonyl (C=O) groups excluding carboxylic acids is 2. The Morgan fingerprint density at radius 1 is 0.511 bits per heavy atom. The highest BCUT2D eigenvalue weighted by Crippen LogP contribution is 2.36. The van der Waals surface area contributed by atoms with Gasteiger partial charge in [-0.3, -0.25) is 9.59 Å². The Hall–Kier alpha value is -1.66. The number of ether oxygens (including phenoxy) is 2. The van der Waals surface area contributed by atoms with Crippen LogP contribution in [0, 0.1) is 5.41 Å². The van der Waals surface area contributed by atoms with Gasteiger partial charge in [0.1, 0.15) is 18.8 Å². The van der Waals surface area contributed by atoms with Gasteiger partial charge in [-0.15, -0.1) is 0 Å². The minimum atomic E-state index is -1.66. The average molecular weight is 665 g/mol. The molecule has 0 rings (SSSR count). The lowest BCUT2D eigenvalue weighted by Gasteiger charge is -2.42. The van der Waals surface area contributed by atoms with Crippen molar-refractivity contribution < 1.29 is 29.3 Å². The summed E-state index contributed by atoms with van der Waals surface area (Å²) < 4.78 is 11.5. The molecule has 0 atom stereocenters. The van der Waals surface area contributed by atoms with Crippen LogP contribution in [0.1, 0.15) is 195 Å². The molecule has 0 amide bonds. The fourth-order valence-corrected chi connectivity index (χ4v) is 5.84. The normalized spacial score (nSPS) is 12.4. The predicted molar refractivity (Wildman–Crippen MR) is 197 cm³/mol. The van der Waals surface area contributed by atoms with Crippen molar-refractivity contribution in [3.8, 4) is 0 Å². The smallest absolute Gasteiger partial charge is 0.305 e. The zero-order chi connectivity index (χ0) is 34.9. The van der Waals surface area contributed by atoms with Crippen LogP contribution in [-0.2, 0) is 19.1 Å². The molecule has 0 aliphatic rings. The second kappa shape index (κ2) is 31.6. The third kappa shape index (κ3) is 23.4. The van der Waals surface area contributed by atoms with E-state index in [-0.39, 0.29) is 25.2 Å². The summed E-state index contributed by atoms with van der Waals surface area (Å²) in [6, 6.07) is 0. The number of aliphatic hydroxyl groups is 2. The van der Waals surface area contributed by atoms with E-state index in [1.54, 1.807) is 12.2 Å². The van der Waals surface area contributed by atoms with Gasteiger partial charge in [-0.25, -0.2) is 0 Å². The van der Waals surface area contributed by atoms with Crippen LogP contribution in [0.15, 0.2) is 24.3 Å². The van der Waals surface area contributed by atoms with E-state index in [2.05, 4.69) is 27.7 Å². The third-order valence-electron chi connectivity index (χ3n) is 9.33. The molecule has 6 nitrogen and oxygen atoms in total. The van der Waals surface area contributed by atoms with Gasteiger partial charge in [-0.1, -0.05) is 168 Å². The summed E-state index contributed by atoms with van der Waals surface area (Å²) in [6.07, 6.45) is 33.9. The summed E-state index contributed by atoms with van der Waals surface area (Å²) >= 11 is 0. The summed E-state index contributed by atoms with van der Waals surface area (Å²) in [4.78, 5) is 25.6. The number of carbonyl (C=O) groups is 2. The van der Waals surface area contributed by atoms with Crippen molar-refractivity contribution in [2.75, 3.05) is 19.8 Å². The molecule has 0 bridgehead atoms. The monoisotopic (exact) mass is 665 g/mol. The maximum absolute atomic E-state index is 12.8. The highest BCUT2D eigenvalue weighted by Gasteiger charge is 2.49. The Labute approximate surface area is 290 Å². The lowest BCUT2D eigenvalue weighted by atomic mass is 9.72. The van der Waals surface area contributed by atoms with Crippen LogP contribution in [-0.4, -0.2) is 47.6 Å². The highest BCUT2D eigenvalue weighted by atomic mass is 16.6. The average Bonchev–Trinajstić information content (AvgIpc) is 3.07. The van der Waals surface area contributed by atoms with Crippen LogP contribution in [0.25, 0.3) is 0 Å². The van der Waals surface area contributed by atoms with Crippen molar-refractivity contribution in [1.29, 1.82) is 0 Å². The van der Waals surface area contributed by atoms with Crippen molar-refractivity contribution in [2.45, 2.75) is 200 Å².